The van der Waals surface area contributed by atoms with Crippen molar-refractivity contribution >= 4 is 17.5 Å². The molecular formula is C15H15ClN2O. The third kappa shape index (κ3) is 3.55. The van der Waals surface area contributed by atoms with Gasteiger partial charge < -0.3 is 5.32 Å². The molecule has 4 heteroatoms. The van der Waals surface area contributed by atoms with E-state index in [4.69, 9.17) is 11.6 Å². The van der Waals surface area contributed by atoms with Crippen LogP contribution in [-0.4, -0.2) is 10.9 Å². The Morgan fingerprint density at radius 1 is 1.21 bits per heavy atom. The molecule has 19 heavy (non-hydrogen) atoms. The molecule has 0 aliphatic heterocycles. The maximum absolute atomic E-state index is 11.9. The molecule has 0 radical (unpaired) electrons. The molecule has 0 bridgehead atoms. The maximum atomic E-state index is 11.9. The lowest BCUT2D eigenvalue weighted by Crippen LogP contribution is -2.23. The van der Waals surface area contributed by atoms with Crippen LogP contribution in [0.3, 0.4) is 0 Å². The Bertz CT molecular complexity index is 567. The summed E-state index contributed by atoms with van der Waals surface area (Å²) < 4.78 is 0. The Hall–Kier alpha value is -1.87. The summed E-state index contributed by atoms with van der Waals surface area (Å²) >= 11 is 5.69. The highest BCUT2D eigenvalue weighted by molar-refractivity contribution is 6.29. The minimum atomic E-state index is -0.143. The highest BCUT2D eigenvalue weighted by Gasteiger charge is 2.06. The molecule has 1 N–H and O–H groups in total. The van der Waals surface area contributed by atoms with Crippen molar-refractivity contribution in [1.82, 2.24) is 10.3 Å². The molecule has 0 spiro atoms. The molecule has 0 atom stereocenters. The summed E-state index contributed by atoms with van der Waals surface area (Å²) in [7, 11) is 0. The predicted molar refractivity (Wildman–Crippen MR) is 76.2 cm³/mol. The van der Waals surface area contributed by atoms with Gasteiger partial charge in [-0.3, -0.25) is 4.79 Å². The SMILES string of the molecule is CCc1ccccc1CNC(=O)c1ccc(Cl)nc1. The highest BCUT2D eigenvalue weighted by Crippen LogP contribution is 2.10. The van der Waals surface area contributed by atoms with Gasteiger partial charge in [-0.1, -0.05) is 42.8 Å². The molecule has 0 unspecified atom stereocenters. The van der Waals surface area contributed by atoms with Crippen LogP contribution in [0.5, 0.6) is 0 Å². The van der Waals surface area contributed by atoms with Crippen LogP contribution in [-0.2, 0) is 13.0 Å². The number of pyridine rings is 1. The van der Waals surface area contributed by atoms with Crippen molar-refractivity contribution in [3.63, 3.8) is 0 Å². The monoisotopic (exact) mass is 274 g/mol. The van der Waals surface area contributed by atoms with E-state index in [-0.39, 0.29) is 5.91 Å². The number of nitrogens with one attached hydrogen (secondary N) is 1. The number of hydrogen-bond donors (Lipinski definition) is 1. The third-order valence-corrected chi connectivity index (χ3v) is 3.15. The number of nitrogens with zero attached hydrogens (tertiary/aromatic N) is 1. The quantitative estimate of drug-likeness (QED) is 0.870. The number of carbonyl (C=O) groups is 1. The molecule has 0 saturated carbocycles. The largest absolute Gasteiger partial charge is 0.348 e. The van der Waals surface area contributed by atoms with Gasteiger partial charge in [-0.2, -0.15) is 0 Å². The van der Waals surface area contributed by atoms with Gasteiger partial charge >= 0.3 is 0 Å². The Labute approximate surface area is 117 Å². The van der Waals surface area contributed by atoms with Crippen LogP contribution in [0.2, 0.25) is 5.15 Å². The van der Waals surface area contributed by atoms with Crippen LogP contribution < -0.4 is 5.32 Å². The summed E-state index contributed by atoms with van der Waals surface area (Å²) in [5, 5.41) is 3.27. The summed E-state index contributed by atoms with van der Waals surface area (Å²) in [4.78, 5) is 15.8. The van der Waals surface area contributed by atoms with Gasteiger partial charge in [-0.25, -0.2) is 4.98 Å². The van der Waals surface area contributed by atoms with E-state index < -0.39 is 0 Å². The second-order valence-corrected chi connectivity index (χ2v) is 4.56. The van der Waals surface area contributed by atoms with Crippen molar-refractivity contribution in [3.05, 3.63) is 64.4 Å². The van der Waals surface area contributed by atoms with Crippen LogP contribution in [0.25, 0.3) is 0 Å². The molecule has 0 fully saturated rings. The number of aromatic nitrogens is 1. The lowest BCUT2D eigenvalue weighted by Gasteiger charge is -2.09. The number of halogens is 1. The minimum Gasteiger partial charge on any atom is -0.348 e. The first-order valence-corrected chi connectivity index (χ1v) is 6.55. The van der Waals surface area contributed by atoms with Gasteiger partial charge in [0.2, 0.25) is 0 Å². The molecule has 2 aromatic rings. The van der Waals surface area contributed by atoms with Crippen molar-refractivity contribution in [2.75, 3.05) is 0 Å². The summed E-state index contributed by atoms with van der Waals surface area (Å²) in [5.41, 5.74) is 2.90. The van der Waals surface area contributed by atoms with Crippen molar-refractivity contribution in [2.45, 2.75) is 19.9 Å². The van der Waals surface area contributed by atoms with Gasteiger partial charge in [-0.05, 0) is 29.7 Å². The lowest BCUT2D eigenvalue weighted by atomic mass is 10.1. The van der Waals surface area contributed by atoms with Crippen molar-refractivity contribution in [1.29, 1.82) is 0 Å². The smallest absolute Gasteiger partial charge is 0.253 e. The van der Waals surface area contributed by atoms with Gasteiger partial charge in [-0.15, -0.1) is 0 Å². The number of aryl methyl sites for hydroxylation is 1. The lowest BCUT2D eigenvalue weighted by molar-refractivity contribution is 0.0950. The number of amides is 1. The fourth-order valence-electron chi connectivity index (χ4n) is 1.86. The molecule has 0 saturated heterocycles. The summed E-state index contributed by atoms with van der Waals surface area (Å²) in [5.74, 6) is -0.143. The molecule has 0 aliphatic carbocycles. The topological polar surface area (TPSA) is 42.0 Å². The fourth-order valence-corrected chi connectivity index (χ4v) is 1.97. The molecule has 0 aliphatic rings. The van der Waals surface area contributed by atoms with E-state index in [2.05, 4.69) is 23.3 Å². The Morgan fingerprint density at radius 2 is 1.95 bits per heavy atom. The number of benzene rings is 1. The molecule has 1 amide bonds. The Kier molecular flexibility index (Phi) is 4.53. The van der Waals surface area contributed by atoms with Crippen molar-refractivity contribution in [2.24, 2.45) is 0 Å². The van der Waals surface area contributed by atoms with Gasteiger partial charge in [0.15, 0.2) is 0 Å². The van der Waals surface area contributed by atoms with Crippen LogP contribution in [0.15, 0.2) is 42.6 Å². The van der Waals surface area contributed by atoms with E-state index in [1.807, 2.05) is 18.2 Å². The van der Waals surface area contributed by atoms with Crippen LogP contribution >= 0.6 is 11.6 Å². The van der Waals surface area contributed by atoms with E-state index >= 15 is 0 Å². The first-order chi connectivity index (χ1) is 9.20. The highest BCUT2D eigenvalue weighted by atomic mass is 35.5. The first kappa shape index (κ1) is 13.6. The van der Waals surface area contributed by atoms with Gasteiger partial charge in [0.1, 0.15) is 5.15 Å². The van der Waals surface area contributed by atoms with E-state index in [9.17, 15) is 4.79 Å². The molecule has 1 heterocycles. The van der Waals surface area contributed by atoms with E-state index in [0.29, 0.717) is 17.3 Å². The predicted octanol–water partition coefficient (Wildman–Crippen LogP) is 3.23. The summed E-state index contributed by atoms with van der Waals surface area (Å²) in [6, 6.07) is 11.4. The van der Waals surface area contributed by atoms with Crippen molar-refractivity contribution in [3.8, 4) is 0 Å². The fraction of sp³-hybridized carbons (Fsp3) is 0.200. The molecule has 98 valence electrons. The summed E-state index contributed by atoms with van der Waals surface area (Å²) in [6.07, 6.45) is 2.43. The van der Waals surface area contributed by atoms with E-state index in [0.717, 1.165) is 12.0 Å². The Balaban J connectivity index is 2.02. The average molecular weight is 275 g/mol. The zero-order valence-corrected chi connectivity index (χ0v) is 11.4. The second kappa shape index (κ2) is 6.34. The standard InChI is InChI=1S/C15H15ClN2O/c1-2-11-5-3-4-6-12(11)9-18-15(19)13-7-8-14(16)17-10-13/h3-8,10H,2,9H2,1H3,(H,18,19). The van der Waals surface area contributed by atoms with Gasteiger partial charge in [0.25, 0.3) is 5.91 Å². The summed E-state index contributed by atoms with van der Waals surface area (Å²) in [6.45, 7) is 2.62. The van der Waals surface area contributed by atoms with Crippen LogP contribution in [0.1, 0.15) is 28.4 Å². The minimum absolute atomic E-state index is 0.143. The first-order valence-electron chi connectivity index (χ1n) is 6.17. The normalized spacial score (nSPS) is 10.2. The zero-order chi connectivity index (χ0) is 13.7. The van der Waals surface area contributed by atoms with Crippen molar-refractivity contribution < 1.29 is 4.79 Å². The number of rotatable bonds is 4. The maximum Gasteiger partial charge on any atom is 0.253 e. The zero-order valence-electron chi connectivity index (χ0n) is 10.7. The third-order valence-electron chi connectivity index (χ3n) is 2.93. The number of hydrogen-bond acceptors (Lipinski definition) is 2. The molecule has 1 aromatic carbocycles. The molecular weight excluding hydrogens is 260 g/mol. The number of carbonyl (C=O) groups excluding carboxylic acids is 1. The Morgan fingerprint density at radius 3 is 2.58 bits per heavy atom. The van der Waals surface area contributed by atoms with E-state index in [1.54, 1.807) is 12.1 Å². The molecule has 3 nitrogen and oxygen atoms in total. The van der Waals surface area contributed by atoms with Gasteiger partial charge in [0.05, 0.1) is 5.56 Å². The van der Waals surface area contributed by atoms with E-state index in [1.165, 1.54) is 11.8 Å². The molecule has 1 aromatic heterocycles. The second-order valence-electron chi connectivity index (χ2n) is 4.17. The van der Waals surface area contributed by atoms with Crippen LogP contribution in [0.4, 0.5) is 0 Å². The van der Waals surface area contributed by atoms with Crippen LogP contribution in [0, 0.1) is 0 Å². The molecule has 2 rings (SSSR count). The average Bonchev–Trinajstić information content (AvgIpc) is 2.45. The van der Waals surface area contributed by atoms with Gasteiger partial charge in [0, 0.05) is 12.7 Å².